The van der Waals surface area contributed by atoms with Crippen LogP contribution in [0.3, 0.4) is 0 Å². The number of nitrogens with zero attached hydrogens (tertiary/aromatic N) is 2. The summed E-state index contributed by atoms with van der Waals surface area (Å²) in [4.78, 5) is 16.6. The van der Waals surface area contributed by atoms with Crippen molar-refractivity contribution in [3.63, 3.8) is 0 Å². The van der Waals surface area contributed by atoms with Crippen LogP contribution in [0.4, 0.5) is 0 Å². The fraction of sp³-hybridized carbons (Fsp3) is 0.118. The molecule has 116 valence electrons. The number of carbonyl (C=O) groups excluding carboxylic acids is 1. The third-order valence-corrected chi connectivity index (χ3v) is 4.43. The minimum atomic E-state index is -0.270. The molecule has 0 saturated carbocycles. The number of benzene rings is 2. The number of hydrogen-bond acceptors (Lipinski definition) is 5. The fourth-order valence-electron chi connectivity index (χ4n) is 2.02. The summed E-state index contributed by atoms with van der Waals surface area (Å²) in [5.74, 6) is 0.434. The number of carbonyl (C=O) groups is 1. The van der Waals surface area contributed by atoms with Crippen LogP contribution in [0.1, 0.15) is 22.3 Å². The number of nitrogens with one attached hydrogen (secondary N) is 1. The molecule has 23 heavy (non-hydrogen) atoms. The Balaban J connectivity index is 1.74. The third kappa shape index (κ3) is 3.37. The first kappa shape index (κ1) is 15.2. The summed E-state index contributed by atoms with van der Waals surface area (Å²) in [5.41, 5.74) is 4.68. The zero-order chi connectivity index (χ0) is 16.2. The van der Waals surface area contributed by atoms with E-state index in [0.29, 0.717) is 17.0 Å². The van der Waals surface area contributed by atoms with Gasteiger partial charge in [-0.25, -0.2) is 10.4 Å². The molecule has 1 aromatic heterocycles. The standard InChI is InChI=1S/C17H15N3O2S/c1-11(17-18-14-5-3-4-6-15(14)23-17)19-20-16(21)12-7-9-13(22-2)10-8-12/h3-10H,1-2H3,(H,20,21)/b19-11-. The minimum absolute atomic E-state index is 0.270. The van der Waals surface area contributed by atoms with E-state index in [1.807, 2.05) is 31.2 Å². The normalized spacial score (nSPS) is 11.5. The largest absolute Gasteiger partial charge is 0.497 e. The maximum absolute atomic E-state index is 12.1. The zero-order valence-corrected chi connectivity index (χ0v) is 13.6. The second-order valence-electron chi connectivity index (χ2n) is 4.85. The molecule has 0 atom stereocenters. The van der Waals surface area contributed by atoms with Crippen molar-refractivity contribution in [3.8, 4) is 5.75 Å². The van der Waals surface area contributed by atoms with Gasteiger partial charge in [0.15, 0.2) is 0 Å². The summed E-state index contributed by atoms with van der Waals surface area (Å²) >= 11 is 1.55. The van der Waals surface area contributed by atoms with E-state index >= 15 is 0 Å². The van der Waals surface area contributed by atoms with Crippen LogP contribution in [-0.4, -0.2) is 23.7 Å². The molecule has 3 rings (SSSR count). The molecule has 2 aromatic carbocycles. The monoisotopic (exact) mass is 325 g/mol. The topological polar surface area (TPSA) is 63.6 Å². The smallest absolute Gasteiger partial charge is 0.271 e. The Morgan fingerprint density at radius 2 is 1.91 bits per heavy atom. The molecule has 5 nitrogen and oxygen atoms in total. The van der Waals surface area contributed by atoms with Gasteiger partial charge in [-0.05, 0) is 43.3 Å². The van der Waals surface area contributed by atoms with Crippen LogP contribution < -0.4 is 10.2 Å². The molecule has 6 heteroatoms. The number of methoxy groups -OCH3 is 1. The van der Waals surface area contributed by atoms with Gasteiger partial charge in [0.05, 0.1) is 23.0 Å². The molecule has 0 aliphatic rings. The van der Waals surface area contributed by atoms with E-state index in [9.17, 15) is 4.79 Å². The lowest BCUT2D eigenvalue weighted by Crippen LogP contribution is -2.19. The van der Waals surface area contributed by atoms with E-state index in [2.05, 4.69) is 15.5 Å². The average Bonchev–Trinajstić information content (AvgIpc) is 3.03. The molecule has 0 fully saturated rings. The van der Waals surface area contributed by atoms with Crippen LogP contribution in [0.25, 0.3) is 10.2 Å². The first-order valence-corrected chi connectivity index (χ1v) is 7.83. The molecule has 1 heterocycles. The van der Waals surface area contributed by atoms with Crippen LogP contribution >= 0.6 is 11.3 Å². The predicted molar refractivity (Wildman–Crippen MR) is 92.3 cm³/mol. The van der Waals surface area contributed by atoms with Gasteiger partial charge in [0.2, 0.25) is 0 Å². The van der Waals surface area contributed by atoms with E-state index in [-0.39, 0.29) is 5.91 Å². The van der Waals surface area contributed by atoms with E-state index in [1.165, 1.54) is 0 Å². The molecule has 0 aliphatic heterocycles. The molecular weight excluding hydrogens is 310 g/mol. The number of rotatable bonds is 4. The molecule has 0 bridgehead atoms. The van der Waals surface area contributed by atoms with Crippen molar-refractivity contribution < 1.29 is 9.53 Å². The SMILES string of the molecule is COc1ccc(C(=O)N/N=C(/C)c2nc3ccccc3s2)cc1. The third-order valence-electron chi connectivity index (χ3n) is 3.28. The number of ether oxygens (including phenoxy) is 1. The lowest BCUT2D eigenvalue weighted by atomic mass is 10.2. The number of para-hydroxylation sites is 1. The van der Waals surface area contributed by atoms with E-state index in [4.69, 9.17) is 4.74 Å². The van der Waals surface area contributed by atoms with Crippen LogP contribution in [0.2, 0.25) is 0 Å². The second-order valence-corrected chi connectivity index (χ2v) is 5.88. The van der Waals surface area contributed by atoms with E-state index in [0.717, 1.165) is 15.2 Å². The molecule has 3 aromatic rings. The number of hydrazone groups is 1. The van der Waals surface area contributed by atoms with Gasteiger partial charge in [-0.1, -0.05) is 12.1 Å². The molecule has 0 spiro atoms. The Morgan fingerprint density at radius 1 is 1.17 bits per heavy atom. The number of amides is 1. The summed E-state index contributed by atoms with van der Waals surface area (Å²) < 4.78 is 6.16. The van der Waals surface area contributed by atoms with Crippen molar-refractivity contribution >= 4 is 33.2 Å². The first-order valence-electron chi connectivity index (χ1n) is 7.02. The maximum atomic E-state index is 12.1. The highest BCUT2D eigenvalue weighted by atomic mass is 32.1. The van der Waals surface area contributed by atoms with Crippen LogP contribution in [0.15, 0.2) is 53.6 Å². The molecule has 0 saturated heterocycles. The average molecular weight is 325 g/mol. The lowest BCUT2D eigenvalue weighted by Gasteiger charge is -2.03. The van der Waals surface area contributed by atoms with Crippen molar-refractivity contribution in [2.24, 2.45) is 5.10 Å². The molecule has 0 aliphatic carbocycles. The molecule has 1 amide bonds. The molecule has 1 N–H and O–H groups in total. The highest BCUT2D eigenvalue weighted by molar-refractivity contribution is 7.20. The summed E-state index contributed by atoms with van der Waals surface area (Å²) in [6.45, 7) is 1.83. The molecule has 0 radical (unpaired) electrons. The van der Waals surface area contributed by atoms with Gasteiger partial charge in [-0.3, -0.25) is 4.79 Å². The number of fused-ring (bicyclic) bond motifs is 1. The molecular formula is C17H15N3O2S. The van der Waals surface area contributed by atoms with Gasteiger partial charge < -0.3 is 4.74 Å². The highest BCUT2D eigenvalue weighted by Gasteiger charge is 2.08. The van der Waals surface area contributed by atoms with Gasteiger partial charge in [0.25, 0.3) is 5.91 Å². The van der Waals surface area contributed by atoms with Gasteiger partial charge >= 0.3 is 0 Å². The number of hydrogen-bond donors (Lipinski definition) is 1. The van der Waals surface area contributed by atoms with Crippen molar-refractivity contribution in [2.45, 2.75) is 6.92 Å². The Bertz CT molecular complexity index is 836. The summed E-state index contributed by atoms with van der Waals surface area (Å²) in [7, 11) is 1.58. The van der Waals surface area contributed by atoms with Gasteiger partial charge in [-0.2, -0.15) is 5.10 Å². The summed E-state index contributed by atoms with van der Waals surface area (Å²) in [6, 6.07) is 14.7. The van der Waals surface area contributed by atoms with Crippen molar-refractivity contribution in [3.05, 3.63) is 59.1 Å². The Morgan fingerprint density at radius 3 is 2.61 bits per heavy atom. The summed E-state index contributed by atoms with van der Waals surface area (Å²) in [6.07, 6.45) is 0. The zero-order valence-electron chi connectivity index (χ0n) is 12.7. The van der Waals surface area contributed by atoms with Crippen molar-refractivity contribution in [1.82, 2.24) is 10.4 Å². The van der Waals surface area contributed by atoms with Crippen molar-refractivity contribution in [1.29, 1.82) is 0 Å². The Kier molecular flexibility index (Phi) is 4.34. The fourth-order valence-corrected chi connectivity index (χ4v) is 2.93. The van der Waals surface area contributed by atoms with Crippen molar-refractivity contribution in [2.75, 3.05) is 7.11 Å². The Labute approximate surface area is 137 Å². The van der Waals surface area contributed by atoms with Crippen LogP contribution in [0, 0.1) is 0 Å². The van der Waals surface area contributed by atoms with E-state index < -0.39 is 0 Å². The maximum Gasteiger partial charge on any atom is 0.271 e. The quantitative estimate of drug-likeness (QED) is 0.590. The summed E-state index contributed by atoms with van der Waals surface area (Å²) in [5, 5.41) is 4.94. The predicted octanol–water partition coefficient (Wildman–Crippen LogP) is 3.46. The van der Waals surface area contributed by atoms with Gasteiger partial charge in [0, 0.05) is 5.56 Å². The molecule has 0 unspecified atom stereocenters. The van der Waals surface area contributed by atoms with E-state index in [1.54, 1.807) is 42.7 Å². The second kappa shape index (κ2) is 6.58. The number of aromatic nitrogens is 1. The van der Waals surface area contributed by atoms with Gasteiger partial charge in [-0.15, -0.1) is 11.3 Å². The van der Waals surface area contributed by atoms with Crippen LogP contribution in [-0.2, 0) is 0 Å². The Hall–Kier alpha value is -2.73. The lowest BCUT2D eigenvalue weighted by molar-refractivity contribution is 0.0955. The first-order chi connectivity index (χ1) is 11.2. The minimum Gasteiger partial charge on any atom is -0.497 e. The van der Waals surface area contributed by atoms with Crippen LogP contribution in [0.5, 0.6) is 5.75 Å². The number of thiazole rings is 1. The van der Waals surface area contributed by atoms with Gasteiger partial charge in [0.1, 0.15) is 10.8 Å². The highest BCUT2D eigenvalue weighted by Crippen LogP contribution is 2.21.